The maximum Gasteiger partial charge on any atom is 0.257 e. The molecule has 3 rings (SSSR count). The van der Waals surface area contributed by atoms with E-state index in [-0.39, 0.29) is 5.91 Å². The molecule has 1 heterocycles. The summed E-state index contributed by atoms with van der Waals surface area (Å²) in [7, 11) is 2.19. The van der Waals surface area contributed by atoms with Crippen LogP contribution in [0.2, 0.25) is 5.02 Å². The molecule has 5 heteroatoms. The Bertz CT molecular complexity index is 742. The zero-order valence-electron chi connectivity index (χ0n) is 15.2. The van der Waals surface area contributed by atoms with E-state index in [1.54, 1.807) is 12.1 Å². The van der Waals surface area contributed by atoms with Crippen LogP contribution in [0.3, 0.4) is 0 Å². The van der Waals surface area contributed by atoms with E-state index in [2.05, 4.69) is 28.6 Å². The van der Waals surface area contributed by atoms with E-state index in [0.717, 1.165) is 30.3 Å². The molecular weight excluding hydrogens is 346 g/mol. The van der Waals surface area contributed by atoms with Gasteiger partial charge in [-0.25, -0.2) is 0 Å². The number of likely N-dealkylation sites (tertiary alicyclic amines) is 1. The maximum atomic E-state index is 12.4. The van der Waals surface area contributed by atoms with Crippen LogP contribution in [-0.2, 0) is 6.54 Å². The van der Waals surface area contributed by atoms with Crippen LogP contribution in [0.1, 0.15) is 28.8 Å². The zero-order valence-corrected chi connectivity index (χ0v) is 15.9. The highest BCUT2D eigenvalue weighted by molar-refractivity contribution is 6.34. The molecule has 0 radical (unpaired) electrons. The Morgan fingerprint density at radius 1 is 1.15 bits per heavy atom. The van der Waals surface area contributed by atoms with Crippen molar-refractivity contribution in [1.82, 2.24) is 10.2 Å². The van der Waals surface area contributed by atoms with Crippen LogP contribution in [-0.4, -0.2) is 37.5 Å². The number of carbonyl (C=O) groups excluding carboxylic acids is 1. The van der Waals surface area contributed by atoms with Gasteiger partial charge in [0.15, 0.2) is 0 Å². The van der Waals surface area contributed by atoms with E-state index in [1.807, 2.05) is 30.3 Å². The highest BCUT2D eigenvalue weighted by atomic mass is 35.5. The second kappa shape index (κ2) is 9.17. The van der Waals surface area contributed by atoms with Gasteiger partial charge >= 0.3 is 0 Å². The third kappa shape index (κ3) is 5.31. The fourth-order valence-corrected chi connectivity index (χ4v) is 3.51. The summed E-state index contributed by atoms with van der Waals surface area (Å²) in [5.41, 5.74) is 2.43. The normalized spacial score (nSPS) is 15.8. The molecule has 0 bridgehead atoms. The van der Waals surface area contributed by atoms with Crippen molar-refractivity contribution in [2.45, 2.75) is 19.4 Å². The minimum atomic E-state index is -0.188. The Labute approximate surface area is 160 Å². The lowest BCUT2D eigenvalue weighted by atomic mass is 9.97. The average Bonchev–Trinajstić information content (AvgIpc) is 2.64. The molecule has 2 aromatic carbocycles. The van der Waals surface area contributed by atoms with Gasteiger partial charge in [0.05, 0.1) is 10.6 Å². The molecule has 1 fully saturated rings. The Balaban J connectivity index is 1.51. The Kier molecular flexibility index (Phi) is 6.67. The van der Waals surface area contributed by atoms with Crippen LogP contribution in [0.25, 0.3) is 0 Å². The number of hydrogen-bond acceptors (Lipinski definition) is 3. The topological polar surface area (TPSA) is 44.4 Å². The van der Waals surface area contributed by atoms with E-state index in [1.165, 1.54) is 25.9 Å². The van der Waals surface area contributed by atoms with E-state index in [4.69, 9.17) is 11.6 Å². The molecule has 2 aromatic rings. The smallest absolute Gasteiger partial charge is 0.257 e. The van der Waals surface area contributed by atoms with Gasteiger partial charge in [0.25, 0.3) is 5.91 Å². The van der Waals surface area contributed by atoms with Crippen LogP contribution in [0.5, 0.6) is 0 Å². The van der Waals surface area contributed by atoms with Crippen molar-refractivity contribution < 1.29 is 4.79 Å². The van der Waals surface area contributed by atoms with Gasteiger partial charge in [-0.15, -0.1) is 0 Å². The third-order valence-corrected chi connectivity index (χ3v) is 5.23. The Hall–Kier alpha value is -1.88. The molecule has 0 unspecified atom stereocenters. The molecule has 4 nitrogen and oxygen atoms in total. The molecule has 0 aromatic heterocycles. The van der Waals surface area contributed by atoms with Gasteiger partial charge < -0.3 is 15.5 Å². The van der Waals surface area contributed by atoms with E-state index in [9.17, 15) is 4.79 Å². The Morgan fingerprint density at radius 2 is 1.92 bits per heavy atom. The number of anilines is 1. The van der Waals surface area contributed by atoms with Gasteiger partial charge in [-0.05, 0) is 75.3 Å². The van der Waals surface area contributed by atoms with Crippen molar-refractivity contribution in [2.75, 3.05) is 32.0 Å². The standard InChI is InChI=1S/C21H26ClN3O/c1-25-11-9-16(10-12-25)14-23-15-17-5-4-6-18(13-17)24-21(26)19-7-2-3-8-20(19)22/h2-8,13,16,23H,9-12,14-15H2,1H3,(H,24,26). The fraction of sp³-hybridized carbons (Fsp3) is 0.381. The summed E-state index contributed by atoms with van der Waals surface area (Å²) < 4.78 is 0. The molecule has 1 saturated heterocycles. The monoisotopic (exact) mass is 371 g/mol. The van der Waals surface area contributed by atoms with Crippen LogP contribution < -0.4 is 10.6 Å². The van der Waals surface area contributed by atoms with Gasteiger partial charge in [-0.2, -0.15) is 0 Å². The summed E-state index contributed by atoms with van der Waals surface area (Å²) in [6.07, 6.45) is 2.52. The number of amides is 1. The maximum absolute atomic E-state index is 12.4. The van der Waals surface area contributed by atoms with Crippen molar-refractivity contribution in [3.05, 3.63) is 64.7 Å². The minimum Gasteiger partial charge on any atom is -0.322 e. The third-order valence-electron chi connectivity index (χ3n) is 4.90. The molecule has 26 heavy (non-hydrogen) atoms. The van der Waals surface area contributed by atoms with Crippen molar-refractivity contribution in [1.29, 1.82) is 0 Å². The van der Waals surface area contributed by atoms with Crippen LogP contribution in [0, 0.1) is 5.92 Å². The first-order chi connectivity index (χ1) is 12.6. The van der Waals surface area contributed by atoms with E-state index >= 15 is 0 Å². The molecule has 2 N–H and O–H groups in total. The zero-order chi connectivity index (χ0) is 18.4. The predicted octanol–water partition coefficient (Wildman–Crippen LogP) is 4.02. The quantitative estimate of drug-likeness (QED) is 0.805. The first-order valence-electron chi connectivity index (χ1n) is 9.16. The number of halogens is 1. The number of rotatable bonds is 6. The summed E-state index contributed by atoms with van der Waals surface area (Å²) in [5, 5.41) is 6.94. The summed E-state index contributed by atoms with van der Waals surface area (Å²) in [6, 6.07) is 15.0. The van der Waals surface area contributed by atoms with Gasteiger partial charge in [0.1, 0.15) is 0 Å². The van der Waals surface area contributed by atoms with Crippen LogP contribution in [0.4, 0.5) is 5.69 Å². The highest BCUT2D eigenvalue weighted by Gasteiger charge is 2.16. The van der Waals surface area contributed by atoms with E-state index < -0.39 is 0 Å². The predicted molar refractivity (Wildman–Crippen MR) is 108 cm³/mol. The number of hydrogen-bond donors (Lipinski definition) is 2. The molecule has 0 saturated carbocycles. The Morgan fingerprint density at radius 3 is 2.69 bits per heavy atom. The van der Waals surface area contributed by atoms with Crippen LogP contribution >= 0.6 is 11.6 Å². The number of nitrogens with one attached hydrogen (secondary N) is 2. The summed E-state index contributed by atoms with van der Waals surface area (Å²) in [5.74, 6) is 0.571. The first-order valence-corrected chi connectivity index (χ1v) is 9.53. The van der Waals surface area contributed by atoms with Gasteiger partial charge in [-0.1, -0.05) is 35.9 Å². The molecule has 0 aliphatic carbocycles. The lowest BCUT2D eigenvalue weighted by Gasteiger charge is -2.29. The summed E-state index contributed by atoms with van der Waals surface area (Å²) in [6.45, 7) is 4.23. The van der Waals surface area contributed by atoms with Crippen LogP contribution in [0.15, 0.2) is 48.5 Å². The average molecular weight is 372 g/mol. The number of nitrogens with zero attached hydrogens (tertiary/aromatic N) is 1. The summed E-state index contributed by atoms with van der Waals surface area (Å²) in [4.78, 5) is 14.8. The molecule has 1 aliphatic rings. The highest BCUT2D eigenvalue weighted by Crippen LogP contribution is 2.18. The van der Waals surface area contributed by atoms with Gasteiger partial charge in [0, 0.05) is 12.2 Å². The lowest BCUT2D eigenvalue weighted by molar-refractivity contribution is 0.102. The molecular formula is C21H26ClN3O. The first kappa shape index (κ1) is 18.9. The lowest BCUT2D eigenvalue weighted by Crippen LogP contribution is -2.34. The largest absolute Gasteiger partial charge is 0.322 e. The number of carbonyl (C=O) groups is 1. The summed E-state index contributed by atoms with van der Waals surface area (Å²) >= 11 is 6.09. The van der Waals surface area contributed by atoms with Crippen molar-refractivity contribution in [3.8, 4) is 0 Å². The van der Waals surface area contributed by atoms with Crippen molar-refractivity contribution >= 4 is 23.2 Å². The number of piperidine rings is 1. The second-order valence-electron chi connectivity index (χ2n) is 7.01. The number of benzene rings is 2. The second-order valence-corrected chi connectivity index (χ2v) is 7.42. The molecule has 0 atom stereocenters. The van der Waals surface area contributed by atoms with E-state index in [0.29, 0.717) is 10.6 Å². The fourth-order valence-electron chi connectivity index (χ4n) is 3.29. The van der Waals surface area contributed by atoms with Gasteiger partial charge in [0.2, 0.25) is 0 Å². The SMILES string of the molecule is CN1CCC(CNCc2cccc(NC(=O)c3ccccc3Cl)c2)CC1. The van der Waals surface area contributed by atoms with Crippen molar-refractivity contribution in [2.24, 2.45) is 5.92 Å². The molecule has 1 amide bonds. The molecule has 1 aliphatic heterocycles. The molecule has 0 spiro atoms. The minimum absolute atomic E-state index is 0.188. The van der Waals surface area contributed by atoms with Gasteiger partial charge in [-0.3, -0.25) is 4.79 Å². The van der Waals surface area contributed by atoms with Crippen molar-refractivity contribution in [3.63, 3.8) is 0 Å². The molecule has 138 valence electrons.